The monoisotopic (exact) mass is 287 g/mol. The van der Waals surface area contributed by atoms with Crippen molar-refractivity contribution in [1.82, 2.24) is 5.32 Å². The molecule has 112 valence electrons. The fourth-order valence-corrected chi connectivity index (χ4v) is 2.77. The number of ether oxygens (including phenoxy) is 1. The number of hydrogen-bond acceptors (Lipinski definition) is 2. The van der Waals surface area contributed by atoms with Crippen molar-refractivity contribution in [2.75, 3.05) is 20.3 Å². The molecule has 2 rings (SSSR count). The fourth-order valence-electron chi connectivity index (χ4n) is 2.77. The van der Waals surface area contributed by atoms with Gasteiger partial charge in [0.15, 0.2) is 0 Å². The van der Waals surface area contributed by atoms with Gasteiger partial charge < -0.3 is 10.1 Å². The van der Waals surface area contributed by atoms with E-state index in [1.165, 1.54) is 6.07 Å². The summed E-state index contributed by atoms with van der Waals surface area (Å²) in [6.45, 7) is 1.42. The first kappa shape index (κ1) is 15.3. The minimum Gasteiger partial charge on any atom is -0.381 e. The summed E-state index contributed by atoms with van der Waals surface area (Å²) in [6.07, 6.45) is -1.74. The van der Waals surface area contributed by atoms with Gasteiger partial charge >= 0.3 is 6.18 Å². The van der Waals surface area contributed by atoms with Crippen LogP contribution in [0.1, 0.15) is 36.4 Å². The molecule has 20 heavy (non-hydrogen) atoms. The first-order valence-electron chi connectivity index (χ1n) is 6.93. The van der Waals surface area contributed by atoms with Crippen LogP contribution >= 0.6 is 0 Å². The minimum absolute atomic E-state index is 0.268. The summed E-state index contributed by atoms with van der Waals surface area (Å²) in [5, 5.41) is 3.04. The molecule has 1 saturated heterocycles. The molecule has 1 aliphatic rings. The van der Waals surface area contributed by atoms with Crippen molar-refractivity contribution >= 4 is 0 Å². The highest BCUT2D eigenvalue weighted by Gasteiger charge is 2.35. The number of nitrogens with one attached hydrogen (secondary N) is 1. The number of benzene rings is 1. The molecule has 1 atom stereocenters. The van der Waals surface area contributed by atoms with E-state index in [1.54, 1.807) is 19.2 Å². The molecule has 1 aromatic rings. The highest BCUT2D eigenvalue weighted by Crippen LogP contribution is 2.37. The van der Waals surface area contributed by atoms with Gasteiger partial charge in [-0.2, -0.15) is 13.2 Å². The molecule has 1 aliphatic heterocycles. The standard InChI is InChI=1S/C15H20F3NO/c1-19-14(10-11-6-8-20-9-7-11)12-4-2-3-5-13(12)15(16,17)18/h2-5,11,14,19H,6-10H2,1H3. The van der Waals surface area contributed by atoms with Gasteiger partial charge in [0, 0.05) is 19.3 Å². The molecule has 1 N–H and O–H groups in total. The molecule has 0 saturated carbocycles. The Morgan fingerprint density at radius 3 is 2.50 bits per heavy atom. The normalized spacial score (nSPS) is 19.0. The highest BCUT2D eigenvalue weighted by atomic mass is 19.4. The van der Waals surface area contributed by atoms with Crippen molar-refractivity contribution in [3.05, 3.63) is 35.4 Å². The van der Waals surface area contributed by atoms with E-state index < -0.39 is 11.7 Å². The predicted octanol–water partition coefficient (Wildman–Crippen LogP) is 3.78. The zero-order chi connectivity index (χ0) is 14.6. The summed E-state index contributed by atoms with van der Waals surface area (Å²) >= 11 is 0. The van der Waals surface area contributed by atoms with Crippen LogP contribution in [0.4, 0.5) is 13.2 Å². The molecular weight excluding hydrogens is 267 g/mol. The van der Waals surface area contributed by atoms with E-state index in [2.05, 4.69) is 5.32 Å². The molecule has 0 amide bonds. The van der Waals surface area contributed by atoms with E-state index in [4.69, 9.17) is 4.74 Å². The number of halogens is 3. The molecule has 5 heteroatoms. The number of hydrogen-bond donors (Lipinski definition) is 1. The number of rotatable bonds is 4. The second kappa shape index (κ2) is 6.59. The smallest absolute Gasteiger partial charge is 0.381 e. The summed E-state index contributed by atoms with van der Waals surface area (Å²) in [7, 11) is 1.72. The molecule has 1 aromatic carbocycles. The number of alkyl halides is 3. The maximum Gasteiger partial charge on any atom is 0.416 e. The van der Waals surface area contributed by atoms with Gasteiger partial charge in [-0.15, -0.1) is 0 Å². The van der Waals surface area contributed by atoms with Gasteiger partial charge in [-0.3, -0.25) is 0 Å². The summed E-state index contributed by atoms with van der Waals surface area (Å²) in [6, 6.07) is 5.57. The van der Waals surface area contributed by atoms with E-state index in [0.29, 0.717) is 31.1 Å². The fraction of sp³-hybridized carbons (Fsp3) is 0.600. The Balaban J connectivity index is 2.18. The Morgan fingerprint density at radius 1 is 1.25 bits per heavy atom. The van der Waals surface area contributed by atoms with Gasteiger partial charge in [-0.25, -0.2) is 0 Å². The lowest BCUT2D eigenvalue weighted by Crippen LogP contribution is -2.26. The predicted molar refractivity (Wildman–Crippen MR) is 71.4 cm³/mol. The SMILES string of the molecule is CNC(CC1CCOCC1)c1ccccc1C(F)(F)F. The Hall–Kier alpha value is -1.07. The van der Waals surface area contributed by atoms with Crippen molar-refractivity contribution in [1.29, 1.82) is 0 Å². The molecule has 1 unspecified atom stereocenters. The Morgan fingerprint density at radius 2 is 1.90 bits per heavy atom. The topological polar surface area (TPSA) is 21.3 Å². The maximum atomic E-state index is 13.1. The third kappa shape index (κ3) is 3.73. The van der Waals surface area contributed by atoms with E-state index in [1.807, 2.05) is 0 Å². The van der Waals surface area contributed by atoms with Crippen LogP contribution in [-0.2, 0) is 10.9 Å². The first-order valence-corrected chi connectivity index (χ1v) is 6.93. The van der Waals surface area contributed by atoms with Crippen LogP contribution in [0.3, 0.4) is 0 Å². The average Bonchev–Trinajstić information content (AvgIpc) is 2.45. The van der Waals surface area contributed by atoms with Crippen LogP contribution in [0.25, 0.3) is 0 Å². The average molecular weight is 287 g/mol. The Kier molecular flexibility index (Phi) is 5.05. The second-order valence-corrected chi connectivity index (χ2v) is 5.22. The first-order chi connectivity index (χ1) is 9.52. The van der Waals surface area contributed by atoms with Gasteiger partial charge in [0.05, 0.1) is 5.56 Å². The molecule has 2 nitrogen and oxygen atoms in total. The largest absolute Gasteiger partial charge is 0.416 e. The van der Waals surface area contributed by atoms with Gasteiger partial charge in [0.2, 0.25) is 0 Å². The van der Waals surface area contributed by atoms with Crippen LogP contribution in [0.15, 0.2) is 24.3 Å². The summed E-state index contributed by atoms with van der Waals surface area (Å²) in [5.74, 6) is 0.419. The lowest BCUT2D eigenvalue weighted by Gasteiger charge is -2.28. The van der Waals surface area contributed by atoms with Crippen LogP contribution < -0.4 is 5.32 Å². The van der Waals surface area contributed by atoms with Gasteiger partial charge in [0.25, 0.3) is 0 Å². The third-order valence-corrected chi connectivity index (χ3v) is 3.90. The van der Waals surface area contributed by atoms with E-state index >= 15 is 0 Å². The Labute approximate surface area is 117 Å². The lowest BCUT2D eigenvalue weighted by molar-refractivity contribution is -0.138. The van der Waals surface area contributed by atoms with Crippen LogP contribution in [0, 0.1) is 5.92 Å². The van der Waals surface area contributed by atoms with E-state index in [9.17, 15) is 13.2 Å². The summed E-state index contributed by atoms with van der Waals surface area (Å²) < 4.78 is 44.5. The van der Waals surface area contributed by atoms with Crippen molar-refractivity contribution in [3.63, 3.8) is 0 Å². The molecule has 0 bridgehead atoms. The zero-order valence-corrected chi connectivity index (χ0v) is 11.5. The van der Waals surface area contributed by atoms with Gasteiger partial charge in [-0.1, -0.05) is 18.2 Å². The molecule has 0 radical (unpaired) electrons. The van der Waals surface area contributed by atoms with E-state index in [-0.39, 0.29) is 6.04 Å². The molecule has 1 heterocycles. The molecule has 1 fully saturated rings. The van der Waals surface area contributed by atoms with Crippen LogP contribution in [0.2, 0.25) is 0 Å². The minimum atomic E-state index is -4.30. The second-order valence-electron chi connectivity index (χ2n) is 5.22. The molecule has 0 spiro atoms. The van der Waals surface area contributed by atoms with Crippen LogP contribution in [0.5, 0.6) is 0 Å². The Bertz CT molecular complexity index is 427. The van der Waals surface area contributed by atoms with E-state index in [0.717, 1.165) is 18.9 Å². The van der Waals surface area contributed by atoms with Crippen LogP contribution in [-0.4, -0.2) is 20.3 Å². The highest BCUT2D eigenvalue weighted by molar-refractivity contribution is 5.32. The van der Waals surface area contributed by atoms with Crippen molar-refractivity contribution in [2.24, 2.45) is 5.92 Å². The molecule has 0 aliphatic carbocycles. The lowest BCUT2D eigenvalue weighted by atomic mass is 9.88. The zero-order valence-electron chi connectivity index (χ0n) is 11.5. The van der Waals surface area contributed by atoms with Crippen molar-refractivity contribution < 1.29 is 17.9 Å². The van der Waals surface area contributed by atoms with Crippen molar-refractivity contribution in [3.8, 4) is 0 Å². The van der Waals surface area contributed by atoms with Crippen molar-refractivity contribution in [2.45, 2.75) is 31.5 Å². The summed E-state index contributed by atoms with van der Waals surface area (Å²) in [5.41, 5.74) is -0.194. The quantitative estimate of drug-likeness (QED) is 0.910. The van der Waals surface area contributed by atoms with Gasteiger partial charge in [0.1, 0.15) is 0 Å². The molecule has 0 aromatic heterocycles. The summed E-state index contributed by atoms with van der Waals surface area (Å²) in [4.78, 5) is 0. The third-order valence-electron chi connectivity index (χ3n) is 3.90. The maximum absolute atomic E-state index is 13.1. The molecular formula is C15H20F3NO. The van der Waals surface area contributed by atoms with Gasteiger partial charge in [-0.05, 0) is 43.9 Å².